The van der Waals surface area contributed by atoms with Crippen LogP contribution in [0.15, 0.2) is 58.2 Å². The zero-order valence-corrected chi connectivity index (χ0v) is 21.6. The molecule has 4 rings (SSSR count). The van der Waals surface area contributed by atoms with Gasteiger partial charge in [0.05, 0.1) is 13.7 Å². The Morgan fingerprint density at radius 3 is 2.71 bits per heavy atom. The van der Waals surface area contributed by atoms with Gasteiger partial charge in [-0.3, -0.25) is 9.39 Å². The highest BCUT2D eigenvalue weighted by molar-refractivity contribution is 14.0. The van der Waals surface area contributed by atoms with Crippen LogP contribution in [0.25, 0.3) is 17.0 Å². The summed E-state index contributed by atoms with van der Waals surface area (Å²) in [4.78, 5) is 8.76. The molecule has 0 atom stereocenters. The number of fused-ring (bicyclic) bond motifs is 1. The molecule has 4 aromatic rings. The average Bonchev–Trinajstić information content (AvgIpc) is 3.50. The van der Waals surface area contributed by atoms with Crippen molar-refractivity contribution in [2.75, 3.05) is 20.7 Å². The number of ether oxygens (including phenoxy) is 1. The third-order valence-corrected chi connectivity index (χ3v) is 5.20. The van der Waals surface area contributed by atoms with E-state index in [-0.39, 0.29) is 24.0 Å². The van der Waals surface area contributed by atoms with E-state index in [9.17, 15) is 0 Å². The van der Waals surface area contributed by atoms with Crippen LogP contribution in [0.3, 0.4) is 0 Å². The van der Waals surface area contributed by atoms with Crippen molar-refractivity contribution >= 4 is 35.6 Å². The molecular formula is C23H29IN8O2. The van der Waals surface area contributed by atoms with E-state index >= 15 is 0 Å². The highest BCUT2D eigenvalue weighted by Crippen LogP contribution is 2.20. The molecule has 11 heteroatoms. The number of aryl methyl sites for hydroxylation is 1. The predicted molar refractivity (Wildman–Crippen MR) is 140 cm³/mol. The van der Waals surface area contributed by atoms with Gasteiger partial charge in [0.25, 0.3) is 0 Å². The summed E-state index contributed by atoms with van der Waals surface area (Å²) in [6.07, 6.45) is 5.73. The van der Waals surface area contributed by atoms with Crippen LogP contribution < -0.4 is 15.4 Å². The molecule has 0 fully saturated rings. The van der Waals surface area contributed by atoms with E-state index in [1.165, 1.54) is 0 Å². The number of nitrogens with one attached hydrogen (secondary N) is 2. The van der Waals surface area contributed by atoms with E-state index in [1.54, 1.807) is 14.2 Å². The topological polar surface area (TPSA) is 115 Å². The molecule has 0 aliphatic heterocycles. The molecule has 2 N–H and O–H groups in total. The Kier molecular flexibility index (Phi) is 9.62. The fourth-order valence-electron chi connectivity index (χ4n) is 3.39. The minimum absolute atomic E-state index is 0. The van der Waals surface area contributed by atoms with Gasteiger partial charge >= 0.3 is 0 Å². The van der Waals surface area contributed by atoms with Gasteiger partial charge in [-0.2, -0.15) is 4.98 Å². The number of pyridine rings is 1. The van der Waals surface area contributed by atoms with Gasteiger partial charge in [-0.15, -0.1) is 34.2 Å². The van der Waals surface area contributed by atoms with Crippen LogP contribution in [-0.4, -0.2) is 51.4 Å². The SMILES string of the molecule is CN=C(NCCCCCc1nc(-c2ccc(OC)cc2)no1)NCc1nnc2ccccn12.I. The lowest BCUT2D eigenvalue weighted by atomic mass is 10.2. The molecule has 0 bridgehead atoms. The lowest BCUT2D eigenvalue weighted by Gasteiger charge is -2.11. The summed E-state index contributed by atoms with van der Waals surface area (Å²) < 4.78 is 12.5. The molecular weight excluding hydrogens is 547 g/mol. The van der Waals surface area contributed by atoms with Crippen LogP contribution in [0.4, 0.5) is 0 Å². The Balaban J connectivity index is 0.00000324. The van der Waals surface area contributed by atoms with Gasteiger partial charge < -0.3 is 19.9 Å². The summed E-state index contributed by atoms with van der Waals surface area (Å²) in [6.45, 7) is 1.36. The number of hydrogen-bond donors (Lipinski definition) is 2. The monoisotopic (exact) mass is 576 g/mol. The number of unbranched alkanes of at least 4 members (excludes halogenated alkanes) is 2. The number of aromatic nitrogens is 5. The van der Waals surface area contributed by atoms with Crippen molar-refractivity contribution in [2.24, 2.45) is 4.99 Å². The van der Waals surface area contributed by atoms with Gasteiger partial charge in [0.15, 0.2) is 17.4 Å². The first-order chi connectivity index (χ1) is 16.3. The lowest BCUT2D eigenvalue weighted by molar-refractivity contribution is 0.374. The van der Waals surface area contributed by atoms with Crippen LogP contribution in [-0.2, 0) is 13.0 Å². The van der Waals surface area contributed by atoms with Crippen molar-refractivity contribution < 1.29 is 9.26 Å². The Morgan fingerprint density at radius 2 is 1.91 bits per heavy atom. The molecule has 3 aromatic heterocycles. The molecule has 34 heavy (non-hydrogen) atoms. The summed E-state index contributed by atoms with van der Waals surface area (Å²) in [7, 11) is 3.40. The van der Waals surface area contributed by atoms with Crippen LogP contribution in [0.5, 0.6) is 5.75 Å². The third kappa shape index (κ3) is 6.65. The quantitative estimate of drug-likeness (QED) is 0.128. The lowest BCUT2D eigenvalue weighted by Crippen LogP contribution is -2.37. The molecule has 0 radical (unpaired) electrons. The summed E-state index contributed by atoms with van der Waals surface area (Å²) in [5.74, 6) is 3.64. The first-order valence-corrected chi connectivity index (χ1v) is 11.0. The predicted octanol–water partition coefficient (Wildman–Crippen LogP) is 3.48. The van der Waals surface area contributed by atoms with E-state index in [4.69, 9.17) is 9.26 Å². The molecule has 0 spiro atoms. The molecule has 0 amide bonds. The van der Waals surface area contributed by atoms with Gasteiger partial charge in [-0.05, 0) is 49.2 Å². The van der Waals surface area contributed by atoms with Crippen LogP contribution >= 0.6 is 24.0 Å². The normalized spacial score (nSPS) is 11.3. The second-order valence-electron chi connectivity index (χ2n) is 7.45. The van der Waals surface area contributed by atoms with Crippen molar-refractivity contribution in [3.05, 3.63) is 60.4 Å². The Labute approximate surface area is 215 Å². The largest absolute Gasteiger partial charge is 0.497 e. The number of halogens is 1. The molecule has 1 aromatic carbocycles. The maximum atomic E-state index is 5.39. The number of aliphatic imine (C=N–C) groups is 1. The smallest absolute Gasteiger partial charge is 0.226 e. The van der Waals surface area contributed by atoms with Crippen LogP contribution in [0.2, 0.25) is 0 Å². The van der Waals surface area contributed by atoms with E-state index in [1.807, 2.05) is 53.1 Å². The van der Waals surface area contributed by atoms with Gasteiger partial charge in [0, 0.05) is 31.8 Å². The number of benzene rings is 1. The molecule has 10 nitrogen and oxygen atoms in total. The first-order valence-electron chi connectivity index (χ1n) is 11.0. The number of nitrogens with zero attached hydrogens (tertiary/aromatic N) is 6. The number of guanidine groups is 1. The average molecular weight is 576 g/mol. The minimum atomic E-state index is 0. The summed E-state index contributed by atoms with van der Waals surface area (Å²) in [5.41, 5.74) is 1.74. The zero-order valence-electron chi connectivity index (χ0n) is 19.3. The second-order valence-corrected chi connectivity index (χ2v) is 7.45. The van der Waals surface area contributed by atoms with E-state index in [0.717, 1.165) is 61.0 Å². The first kappa shape index (κ1) is 25.4. The molecule has 0 aliphatic rings. The maximum Gasteiger partial charge on any atom is 0.226 e. The van der Waals surface area contributed by atoms with Gasteiger partial charge in [-0.25, -0.2) is 0 Å². The Bertz CT molecular complexity index is 1190. The molecule has 0 aliphatic carbocycles. The van der Waals surface area contributed by atoms with E-state index in [2.05, 4.69) is 36.0 Å². The molecule has 180 valence electrons. The second kappa shape index (κ2) is 12.9. The van der Waals surface area contributed by atoms with Gasteiger partial charge in [0.1, 0.15) is 5.75 Å². The van der Waals surface area contributed by atoms with Crippen molar-refractivity contribution in [1.82, 2.24) is 35.4 Å². The highest BCUT2D eigenvalue weighted by atomic mass is 127. The Hall–Kier alpha value is -3.22. The highest BCUT2D eigenvalue weighted by Gasteiger charge is 2.09. The van der Waals surface area contributed by atoms with Crippen molar-refractivity contribution in [3.63, 3.8) is 0 Å². The minimum Gasteiger partial charge on any atom is -0.497 e. The van der Waals surface area contributed by atoms with Crippen molar-refractivity contribution in [2.45, 2.75) is 32.2 Å². The molecule has 0 saturated heterocycles. The van der Waals surface area contributed by atoms with E-state index in [0.29, 0.717) is 18.3 Å². The van der Waals surface area contributed by atoms with Gasteiger partial charge in [0.2, 0.25) is 11.7 Å². The van der Waals surface area contributed by atoms with Crippen molar-refractivity contribution in [3.8, 4) is 17.1 Å². The number of hydrogen-bond acceptors (Lipinski definition) is 7. The fourth-order valence-corrected chi connectivity index (χ4v) is 3.39. The zero-order chi connectivity index (χ0) is 22.9. The third-order valence-electron chi connectivity index (χ3n) is 5.20. The van der Waals surface area contributed by atoms with Crippen LogP contribution in [0.1, 0.15) is 31.0 Å². The molecule has 0 saturated carbocycles. The molecule has 0 unspecified atom stereocenters. The standard InChI is InChI=1S/C23H28N8O2.HI/c1-24-23(26-16-20-29-28-19-8-5-7-15-31(19)20)25-14-6-3-4-9-21-27-22(30-33-21)17-10-12-18(32-2)13-11-17;/h5,7-8,10-13,15H,3-4,6,9,14,16H2,1-2H3,(H2,24,25,26);1H. The maximum absolute atomic E-state index is 5.39. The van der Waals surface area contributed by atoms with E-state index < -0.39 is 0 Å². The van der Waals surface area contributed by atoms with Crippen molar-refractivity contribution in [1.29, 1.82) is 0 Å². The molecule has 3 heterocycles. The summed E-state index contributed by atoms with van der Waals surface area (Å²) >= 11 is 0. The van der Waals surface area contributed by atoms with Gasteiger partial charge in [-0.1, -0.05) is 17.6 Å². The number of rotatable bonds is 10. The Morgan fingerprint density at radius 1 is 1.06 bits per heavy atom. The number of methoxy groups -OCH3 is 1. The summed E-state index contributed by atoms with van der Waals surface area (Å²) in [6, 6.07) is 13.4. The van der Waals surface area contributed by atoms with Crippen LogP contribution in [0, 0.1) is 0 Å². The fraction of sp³-hybridized carbons (Fsp3) is 0.348. The summed E-state index contributed by atoms with van der Waals surface area (Å²) in [5, 5.41) is 19.1.